The van der Waals surface area contributed by atoms with Crippen LogP contribution in [0, 0.1) is 0 Å². The van der Waals surface area contributed by atoms with Crippen LogP contribution in [0.25, 0.3) is 11.0 Å². The molecule has 0 saturated carbocycles. The lowest BCUT2D eigenvalue weighted by Gasteiger charge is -2.17. The van der Waals surface area contributed by atoms with Gasteiger partial charge >= 0.3 is 12.5 Å². The number of benzene rings is 3. The fourth-order valence-corrected chi connectivity index (χ4v) is 5.02. The molecule has 5 rings (SSSR count). The first-order valence-corrected chi connectivity index (χ1v) is 13.7. The van der Waals surface area contributed by atoms with Crippen LogP contribution in [0.3, 0.4) is 0 Å². The van der Waals surface area contributed by atoms with E-state index in [0.29, 0.717) is 5.56 Å². The monoisotopic (exact) mass is 613 g/mol. The van der Waals surface area contributed by atoms with Crippen molar-refractivity contribution >= 4 is 26.8 Å². The van der Waals surface area contributed by atoms with Crippen molar-refractivity contribution in [3.63, 3.8) is 0 Å². The van der Waals surface area contributed by atoms with Crippen molar-refractivity contribution in [1.82, 2.24) is 14.9 Å². The number of fused-ring (bicyclic) bond motifs is 2. The molecule has 42 heavy (non-hydrogen) atoms. The van der Waals surface area contributed by atoms with Gasteiger partial charge in [-0.2, -0.15) is 13.2 Å². The van der Waals surface area contributed by atoms with Gasteiger partial charge in [0.15, 0.2) is 21.3 Å². The quantitative estimate of drug-likeness (QED) is 0.284. The van der Waals surface area contributed by atoms with E-state index in [1.807, 2.05) is 0 Å². The normalized spacial score (nSPS) is 14.8. The Morgan fingerprint density at radius 3 is 2.40 bits per heavy atom. The Hall–Kier alpha value is -4.24. The zero-order valence-electron chi connectivity index (χ0n) is 20.9. The van der Waals surface area contributed by atoms with Crippen LogP contribution in [-0.4, -0.2) is 48.1 Å². The number of carbonyl (C=O) groups is 1. The average molecular weight is 614 g/mol. The lowest BCUT2D eigenvalue weighted by atomic mass is 10.1. The fourth-order valence-electron chi connectivity index (χ4n) is 4.39. The van der Waals surface area contributed by atoms with Gasteiger partial charge in [0.25, 0.3) is 5.91 Å². The molecule has 1 aliphatic rings. The van der Waals surface area contributed by atoms with Crippen LogP contribution in [-0.2, 0) is 22.6 Å². The summed E-state index contributed by atoms with van der Waals surface area (Å²) in [6.07, 6.45) is -7.87. The third kappa shape index (κ3) is 6.01. The molecule has 0 fully saturated rings. The third-order valence-electron chi connectivity index (χ3n) is 6.30. The van der Waals surface area contributed by atoms with Gasteiger partial charge in [0.1, 0.15) is 0 Å². The number of hydrogen-bond donors (Lipinski definition) is 2. The highest BCUT2D eigenvalue weighted by molar-refractivity contribution is 7.90. The number of aliphatic hydroxyl groups excluding tert-OH is 1. The van der Waals surface area contributed by atoms with Crippen LogP contribution in [0.15, 0.2) is 65.6 Å². The van der Waals surface area contributed by atoms with Gasteiger partial charge in [-0.3, -0.25) is 4.79 Å². The number of amides is 1. The van der Waals surface area contributed by atoms with Crippen LogP contribution in [0.2, 0.25) is 0 Å². The first-order valence-electron chi connectivity index (χ1n) is 11.8. The molecule has 4 aromatic rings. The second-order valence-electron chi connectivity index (χ2n) is 9.18. The Balaban J connectivity index is 0.00000405. The number of alkyl halides is 5. The van der Waals surface area contributed by atoms with Crippen molar-refractivity contribution in [2.75, 3.05) is 12.9 Å². The lowest BCUT2D eigenvalue weighted by molar-refractivity contribution is -0.287. The summed E-state index contributed by atoms with van der Waals surface area (Å²) in [6, 6.07) is 12.0. The van der Waals surface area contributed by atoms with Crippen LogP contribution in [0.4, 0.5) is 22.0 Å². The number of carbonyl (C=O) groups excluding carboxylic acids is 1. The molecule has 1 amide bonds. The molecule has 0 spiro atoms. The number of rotatable bonds is 7. The number of para-hydroxylation sites is 1. The fraction of sp³-hybridized carbons (Fsp3) is 0.259. The summed E-state index contributed by atoms with van der Waals surface area (Å²) in [7, 11) is -3.46. The Kier molecular flexibility index (Phi) is 7.95. The molecule has 9 nitrogen and oxygen atoms in total. The molecule has 2 N–H and O–H groups in total. The maximum atomic E-state index is 13.9. The number of aromatic nitrogens is 2. The van der Waals surface area contributed by atoms with Gasteiger partial charge in [0.2, 0.25) is 5.82 Å². The second kappa shape index (κ2) is 10.9. The van der Waals surface area contributed by atoms with Gasteiger partial charge in [0, 0.05) is 17.4 Å². The summed E-state index contributed by atoms with van der Waals surface area (Å²) in [5.74, 6) is -2.79. The smallest absolute Gasteiger partial charge is 0.395 e. The Labute approximate surface area is 236 Å². The van der Waals surface area contributed by atoms with E-state index in [0.717, 1.165) is 16.9 Å². The molecule has 0 aliphatic carbocycles. The van der Waals surface area contributed by atoms with Crippen molar-refractivity contribution < 1.29 is 49.7 Å². The van der Waals surface area contributed by atoms with Crippen LogP contribution < -0.4 is 14.8 Å². The van der Waals surface area contributed by atoms with E-state index in [1.165, 1.54) is 54.6 Å². The first kappa shape index (κ1) is 30.7. The number of nitrogens with zero attached hydrogens (tertiary/aromatic N) is 2. The highest BCUT2D eigenvalue weighted by Crippen LogP contribution is 2.44. The van der Waals surface area contributed by atoms with E-state index >= 15 is 0 Å². The van der Waals surface area contributed by atoms with E-state index in [2.05, 4.69) is 19.8 Å². The number of sulfone groups is 1. The Bertz CT molecular complexity index is 1750. The van der Waals surface area contributed by atoms with Gasteiger partial charge in [-0.05, 0) is 42.0 Å². The molecule has 1 aromatic heterocycles. The van der Waals surface area contributed by atoms with Gasteiger partial charge in [0.05, 0.1) is 35.1 Å². The molecule has 224 valence electrons. The summed E-state index contributed by atoms with van der Waals surface area (Å²) in [5.41, 5.74) is 0.0773. The van der Waals surface area contributed by atoms with Gasteiger partial charge in [-0.15, -0.1) is 8.78 Å². The van der Waals surface area contributed by atoms with Crippen molar-refractivity contribution in [2.24, 2.45) is 0 Å². The van der Waals surface area contributed by atoms with Crippen molar-refractivity contribution in [3.8, 4) is 11.5 Å². The minimum atomic E-state index is -4.93. The summed E-state index contributed by atoms with van der Waals surface area (Å²) >= 11 is 0. The minimum Gasteiger partial charge on any atom is -0.395 e. The number of halogens is 5. The van der Waals surface area contributed by atoms with Crippen molar-refractivity contribution in [2.45, 2.75) is 37.4 Å². The summed E-state index contributed by atoms with van der Waals surface area (Å²) in [4.78, 5) is 16.7. The molecule has 1 aliphatic heterocycles. The molecule has 15 heteroatoms. The highest BCUT2D eigenvalue weighted by atomic mass is 32.2. The van der Waals surface area contributed by atoms with Crippen molar-refractivity contribution in [3.05, 3.63) is 83.2 Å². The Morgan fingerprint density at radius 1 is 1.10 bits per heavy atom. The lowest BCUT2D eigenvalue weighted by Crippen LogP contribution is -2.30. The topological polar surface area (TPSA) is 120 Å². The summed E-state index contributed by atoms with van der Waals surface area (Å²) in [6.45, 7) is -1.10. The van der Waals surface area contributed by atoms with Gasteiger partial charge in [-0.25, -0.2) is 13.4 Å². The summed E-state index contributed by atoms with van der Waals surface area (Å²) in [5, 5.41) is 12.4. The standard InChI is InChI=1S/C26H20F5N3O6S.CH4/c1-41(37,38)17-8-5-14(6-9-17)19(13-35)32-23(36)15-7-10-20-18(11-15)33-24(25(27,28)29)34(20)12-16-3-2-4-21-22(16)40-26(30,31)39-21;/h2-11,19,35H,12-13H2,1H3,(H,32,36);1H4/t19-;/m0./s1. The largest absolute Gasteiger partial charge is 0.586 e. The molecular formula is C27H24F5N3O6S. The van der Waals surface area contributed by atoms with E-state index in [9.17, 15) is 40.3 Å². The number of aliphatic hydroxyl groups is 1. The highest BCUT2D eigenvalue weighted by Gasteiger charge is 2.45. The number of nitrogens with one attached hydrogen (secondary N) is 1. The Morgan fingerprint density at radius 2 is 1.79 bits per heavy atom. The molecule has 0 bridgehead atoms. The van der Waals surface area contributed by atoms with Gasteiger partial charge < -0.3 is 24.5 Å². The number of ether oxygens (including phenoxy) is 2. The van der Waals surface area contributed by atoms with Crippen LogP contribution >= 0.6 is 0 Å². The number of hydrogen-bond acceptors (Lipinski definition) is 7. The van der Waals surface area contributed by atoms with Gasteiger partial charge in [-0.1, -0.05) is 31.7 Å². The zero-order chi connectivity index (χ0) is 29.7. The molecular weight excluding hydrogens is 589 g/mol. The maximum absolute atomic E-state index is 13.9. The average Bonchev–Trinajstić information content (AvgIpc) is 3.43. The van der Waals surface area contributed by atoms with Crippen LogP contribution in [0.5, 0.6) is 11.5 Å². The first-order chi connectivity index (χ1) is 19.2. The van der Waals surface area contributed by atoms with E-state index in [1.54, 1.807) is 0 Å². The van der Waals surface area contributed by atoms with E-state index < -0.39 is 59.0 Å². The van der Waals surface area contributed by atoms with Crippen LogP contribution in [0.1, 0.15) is 40.8 Å². The second-order valence-corrected chi connectivity index (χ2v) is 11.2. The predicted octanol–water partition coefficient (Wildman–Crippen LogP) is 4.93. The maximum Gasteiger partial charge on any atom is 0.586 e. The zero-order valence-corrected chi connectivity index (χ0v) is 21.8. The molecule has 3 aromatic carbocycles. The molecule has 0 radical (unpaired) electrons. The molecule has 0 unspecified atom stereocenters. The molecule has 1 atom stereocenters. The minimum absolute atomic E-state index is 0. The third-order valence-corrected chi connectivity index (χ3v) is 7.43. The SMILES string of the molecule is C.CS(=O)(=O)c1ccc([C@H](CO)NC(=O)c2ccc3c(c2)nc(C(F)(F)F)n3Cc2cccc3c2OC(F)(F)O3)cc1. The van der Waals surface area contributed by atoms with Crippen molar-refractivity contribution in [1.29, 1.82) is 0 Å². The molecule has 2 heterocycles. The van der Waals surface area contributed by atoms with E-state index in [4.69, 9.17) is 0 Å². The molecule has 0 saturated heterocycles. The number of imidazole rings is 1. The predicted molar refractivity (Wildman–Crippen MR) is 140 cm³/mol. The summed E-state index contributed by atoms with van der Waals surface area (Å²) < 4.78 is 102. The van der Waals surface area contributed by atoms with E-state index in [-0.39, 0.29) is 40.2 Å².